The van der Waals surface area contributed by atoms with Crippen molar-refractivity contribution in [3.63, 3.8) is 0 Å². The number of carbonyl (C=O) groups excluding carboxylic acids is 1. The van der Waals surface area contributed by atoms with Gasteiger partial charge in [-0.2, -0.15) is 0 Å². The fraction of sp³-hybridized carbons (Fsp3) is 0.211. The number of anilines is 1. The molecule has 27 heavy (non-hydrogen) atoms. The summed E-state index contributed by atoms with van der Waals surface area (Å²) >= 11 is 0. The van der Waals surface area contributed by atoms with E-state index in [0.29, 0.717) is 11.1 Å². The number of rotatable bonds is 5. The van der Waals surface area contributed by atoms with Gasteiger partial charge < -0.3 is 15.2 Å². The van der Waals surface area contributed by atoms with Gasteiger partial charge in [0.2, 0.25) is 0 Å². The maximum Gasteiger partial charge on any atom is 0.319 e. The van der Waals surface area contributed by atoms with E-state index in [1.807, 2.05) is 23.7 Å². The van der Waals surface area contributed by atoms with Crippen LogP contribution >= 0.6 is 0 Å². The zero-order valence-corrected chi connectivity index (χ0v) is 15.8. The van der Waals surface area contributed by atoms with Crippen LogP contribution in [0.5, 0.6) is 0 Å². The van der Waals surface area contributed by atoms with Crippen molar-refractivity contribution in [1.29, 1.82) is 0 Å². The number of hydrogen-bond donors (Lipinski definition) is 2. The summed E-state index contributed by atoms with van der Waals surface area (Å²) in [5, 5.41) is 5.47. The Bertz CT molecular complexity index is 1110. The number of para-hydroxylation sites is 2. The van der Waals surface area contributed by atoms with Crippen LogP contribution in [-0.4, -0.2) is 31.3 Å². The van der Waals surface area contributed by atoms with Gasteiger partial charge in [-0.1, -0.05) is 30.3 Å². The molecular weight excluding hydrogens is 369 g/mol. The first-order chi connectivity index (χ1) is 12.8. The minimum atomic E-state index is -3.61. The molecule has 0 saturated heterocycles. The highest BCUT2D eigenvalue weighted by molar-refractivity contribution is 7.91. The summed E-state index contributed by atoms with van der Waals surface area (Å²) in [6.07, 6.45) is 0. The highest BCUT2D eigenvalue weighted by Gasteiger charge is 2.24. The largest absolute Gasteiger partial charge is 0.347 e. The van der Waals surface area contributed by atoms with Gasteiger partial charge in [0.1, 0.15) is 5.82 Å². The van der Waals surface area contributed by atoms with Gasteiger partial charge in [-0.05, 0) is 25.1 Å². The van der Waals surface area contributed by atoms with E-state index >= 15 is 0 Å². The van der Waals surface area contributed by atoms with Crippen LogP contribution in [0.4, 0.5) is 14.9 Å². The van der Waals surface area contributed by atoms with Gasteiger partial charge in [0.25, 0.3) is 0 Å². The van der Waals surface area contributed by atoms with E-state index in [2.05, 4.69) is 10.6 Å². The van der Waals surface area contributed by atoms with Crippen molar-refractivity contribution in [2.75, 3.05) is 17.6 Å². The Morgan fingerprint density at radius 2 is 1.78 bits per heavy atom. The monoisotopic (exact) mass is 389 g/mol. The third-order valence-electron chi connectivity index (χ3n) is 4.43. The lowest BCUT2D eigenvalue weighted by molar-refractivity contribution is 0.252. The van der Waals surface area contributed by atoms with Crippen molar-refractivity contribution in [3.05, 3.63) is 60.0 Å². The first-order valence-corrected chi connectivity index (χ1v) is 10.0. The Kier molecular flexibility index (Phi) is 5.18. The van der Waals surface area contributed by atoms with Crippen LogP contribution in [0, 0.1) is 12.7 Å². The van der Waals surface area contributed by atoms with Crippen molar-refractivity contribution in [3.8, 4) is 0 Å². The fourth-order valence-electron chi connectivity index (χ4n) is 3.01. The number of benzene rings is 2. The normalized spacial score (nSPS) is 11.5. The molecule has 1 aromatic heterocycles. The van der Waals surface area contributed by atoms with Crippen LogP contribution < -0.4 is 10.6 Å². The number of sulfone groups is 1. The Morgan fingerprint density at radius 1 is 1.11 bits per heavy atom. The summed E-state index contributed by atoms with van der Waals surface area (Å²) in [4.78, 5) is 12.2. The average Bonchev–Trinajstić information content (AvgIpc) is 2.89. The summed E-state index contributed by atoms with van der Waals surface area (Å²) in [5.41, 5.74) is 1.51. The van der Waals surface area contributed by atoms with Gasteiger partial charge in [-0.25, -0.2) is 17.6 Å². The van der Waals surface area contributed by atoms with E-state index in [1.165, 1.54) is 18.2 Å². The molecule has 0 aliphatic rings. The van der Waals surface area contributed by atoms with Gasteiger partial charge in [-0.15, -0.1) is 0 Å². The van der Waals surface area contributed by atoms with Crippen LogP contribution in [0.2, 0.25) is 0 Å². The number of fused-ring (bicyclic) bond motifs is 1. The molecule has 0 aliphatic heterocycles. The Morgan fingerprint density at radius 3 is 2.52 bits per heavy atom. The predicted octanol–water partition coefficient (Wildman–Crippen LogP) is 3.22. The molecule has 2 aromatic carbocycles. The Hall–Kier alpha value is -2.87. The zero-order valence-electron chi connectivity index (χ0n) is 15.0. The van der Waals surface area contributed by atoms with Crippen molar-refractivity contribution >= 4 is 32.5 Å². The Labute approximate surface area is 156 Å². The average molecular weight is 389 g/mol. The summed E-state index contributed by atoms with van der Waals surface area (Å²) in [6, 6.07) is 12.4. The first-order valence-electron chi connectivity index (χ1n) is 8.37. The molecular formula is C19H20FN3O3S. The molecule has 2 N–H and O–H groups in total. The maximum absolute atomic E-state index is 13.5. The molecule has 3 aromatic rings. The number of amides is 2. The molecule has 2 amide bonds. The van der Waals surface area contributed by atoms with E-state index in [0.717, 1.165) is 5.52 Å². The lowest BCUT2D eigenvalue weighted by Gasteiger charge is -2.09. The van der Waals surface area contributed by atoms with Gasteiger partial charge in [0.15, 0.2) is 9.84 Å². The van der Waals surface area contributed by atoms with Gasteiger partial charge in [-0.3, -0.25) is 0 Å². The molecule has 0 saturated carbocycles. The van der Waals surface area contributed by atoms with E-state index in [4.69, 9.17) is 0 Å². The third-order valence-corrected chi connectivity index (χ3v) is 6.31. The lowest BCUT2D eigenvalue weighted by atomic mass is 10.2. The molecule has 0 unspecified atom stereocenters. The van der Waals surface area contributed by atoms with Gasteiger partial charge in [0.05, 0.1) is 16.3 Å². The van der Waals surface area contributed by atoms with Crippen molar-refractivity contribution in [2.24, 2.45) is 7.05 Å². The minimum Gasteiger partial charge on any atom is -0.347 e. The second-order valence-corrected chi connectivity index (χ2v) is 8.22. The number of urea groups is 1. The van der Waals surface area contributed by atoms with E-state index in [-0.39, 0.29) is 22.9 Å². The number of hydrogen-bond acceptors (Lipinski definition) is 3. The standard InChI is InChI=1S/C19H20FN3O3S/c1-13-18(14-7-3-6-10-17(14)23(13)2)27(25,26)12-11-21-19(24)22-16-9-5-4-8-15(16)20/h3-10H,11-12H2,1-2H3,(H2,21,22,24). The number of aromatic nitrogens is 1. The fourth-order valence-corrected chi connectivity index (χ4v) is 4.68. The summed E-state index contributed by atoms with van der Waals surface area (Å²) < 4.78 is 41.0. The minimum absolute atomic E-state index is 0.0303. The zero-order chi connectivity index (χ0) is 19.6. The second-order valence-electron chi connectivity index (χ2n) is 6.17. The highest BCUT2D eigenvalue weighted by Crippen LogP contribution is 2.29. The number of aryl methyl sites for hydroxylation is 1. The molecule has 6 nitrogen and oxygen atoms in total. The highest BCUT2D eigenvalue weighted by atomic mass is 32.2. The van der Waals surface area contributed by atoms with E-state index < -0.39 is 21.7 Å². The van der Waals surface area contributed by atoms with Crippen LogP contribution in [0.15, 0.2) is 53.4 Å². The quantitative estimate of drug-likeness (QED) is 0.703. The molecule has 0 radical (unpaired) electrons. The predicted molar refractivity (Wildman–Crippen MR) is 103 cm³/mol. The number of nitrogens with one attached hydrogen (secondary N) is 2. The van der Waals surface area contributed by atoms with E-state index in [1.54, 1.807) is 25.1 Å². The lowest BCUT2D eigenvalue weighted by Crippen LogP contribution is -2.33. The molecule has 3 rings (SSSR count). The van der Waals surface area contributed by atoms with Gasteiger partial charge in [0, 0.05) is 30.2 Å². The molecule has 0 aliphatic carbocycles. The van der Waals surface area contributed by atoms with E-state index in [9.17, 15) is 17.6 Å². The molecule has 0 spiro atoms. The van der Waals surface area contributed by atoms with Crippen LogP contribution in [0.25, 0.3) is 10.9 Å². The molecule has 8 heteroatoms. The third kappa shape index (κ3) is 3.80. The smallest absolute Gasteiger partial charge is 0.319 e. The van der Waals surface area contributed by atoms with Crippen LogP contribution in [-0.2, 0) is 16.9 Å². The van der Waals surface area contributed by atoms with Crippen molar-refractivity contribution in [1.82, 2.24) is 9.88 Å². The maximum atomic E-state index is 13.5. The topological polar surface area (TPSA) is 80.2 Å². The molecule has 1 heterocycles. The molecule has 0 atom stereocenters. The SMILES string of the molecule is Cc1c(S(=O)(=O)CCNC(=O)Nc2ccccc2F)c2ccccc2n1C. The molecule has 142 valence electrons. The number of nitrogens with zero attached hydrogens (tertiary/aromatic N) is 1. The second kappa shape index (κ2) is 7.40. The molecule has 0 fully saturated rings. The van der Waals surface area contributed by atoms with Crippen molar-refractivity contribution < 1.29 is 17.6 Å². The number of halogens is 1. The van der Waals surface area contributed by atoms with Crippen LogP contribution in [0.1, 0.15) is 5.69 Å². The Balaban J connectivity index is 1.70. The summed E-state index contributed by atoms with van der Waals surface area (Å²) in [5.74, 6) is -0.821. The first kappa shape index (κ1) is 18.9. The van der Waals surface area contributed by atoms with Gasteiger partial charge >= 0.3 is 6.03 Å². The van der Waals surface area contributed by atoms with Crippen molar-refractivity contribution in [2.45, 2.75) is 11.8 Å². The van der Waals surface area contributed by atoms with Crippen LogP contribution in [0.3, 0.4) is 0 Å². The number of carbonyl (C=O) groups is 1. The summed E-state index contributed by atoms with van der Waals surface area (Å²) in [6.45, 7) is 1.66. The summed E-state index contributed by atoms with van der Waals surface area (Å²) in [7, 11) is -1.79. The molecule has 0 bridgehead atoms.